The van der Waals surface area contributed by atoms with E-state index in [0.29, 0.717) is 18.5 Å². The molecule has 1 atom stereocenters. The zero-order valence-corrected chi connectivity index (χ0v) is 12.0. The van der Waals surface area contributed by atoms with E-state index in [2.05, 4.69) is 22.6 Å². The molecule has 1 aliphatic rings. The van der Waals surface area contributed by atoms with Gasteiger partial charge in [0.1, 0.15) is 6.04 Å². The summed E-state index contributed by atoms with van der Waals surface area (Å²) in [6.45, 7) is 0.530. The van der Waals surface area contributed by atoms with Crippen LogP contribution in [0.25, 0.3) is 0 Å². The van der Waals surface area contributed by atoms with E-state index in [0.717, 1.165) is 16.4 Å². The average Bonchev–Trinajstić information content (AvgIpc) is 2.39. The lowest BCUT2D eigenvalue weighted by Crippen LogP contribution is -2.47. The number of carboxylic acid groups (broad SMARTS) is 1. The van der Waals surface area contributed by atoms with Gasteiger partial charge >= 0.3 is 5.97 Å². The van der Waals surface area contributed by atoms with Crippen LogP contribution in [0.4, 0.5) is 0 Å². The van der Waals surface area contributed by atoms with E-state index in [-0.39, 0.29) is 5.91 Å². The highest BCUT2D eigenvalue weighted by molar-refractivity contribution is 14.1. The number of aliphatic carboxylic acids is 1. The molecule has 0 aliphatic carbocycles. The van der Waals surface area contributed by atoms with Crippen LogP contribution in [-0.2, 0) is 4.79 Å². The van der Waals surface area contributed by atoms with Crippen molar-refractivity contribution in [3.63, 3.8) is 0 Å². The van der Waals surface area contributed by atoms with Crippen LogP contribution in [0.3, 0.4) is 0 Å². The average molecular weight is 359 g/mol. The van der Waals surface area contributed by atoms with Crippen LogP contribution < -0.4 is 0 Å². The minimum Gasteiger partial charge on any atom is -0.480 e. The summed E-state index contributed by atoms with van der Waals surface area (Å²) in [6.07, 6.45) is 2.29. The second-order valence-corrected chi connectivity index (χ2v) is 5.60. The molecule has 0 radical (unpaired) electrons. The molecule has 1 amide bonds. The molecular formula is C13H14INO3. The Bertz CT molecular complexity index is 458. The van der Waals surface area contributed by atoms with Gasteiger partial charge in [-0.2, -0.15) is 0 Å². The molecule has 0 unspecified atom stereocenters. The van der Waals surface area contributed by atoms with Crippen LogP contribution in [0, 0.1) is 3.57 Å². The molecule has 1 saturated heterocycles. The molecule has 0 saturated carbocycles. The van der Waals surface area contributed by atoms with Gasteiger partial charge in [-0.3, -0.25) is 4.79 Å². The van der Waals surface area contributed by atoms with Crippen molar-refractivity contribution in [1.29, 1.82) is 0 Å². The van der Waals surface area contributed by atoms with E-state index < -0.39 is 12.0 Å². The maximum atomic E-state index is 12.3. The lowest BCUT2D eigenvalue weighted by atomic mass is 10.0. The summed E-state index contributed by atoms with van der Waals surface area (Å²) in [6, 6.07) is 6.53. The molecule has 4 nitrogen and oxygen atoms in total. The van der Waals surface area contributed by atoms with Gasteiger partial charge in [0, 0.05) is 15.7 Å². The van der Waals surface area contributed by atoms with Gasteiger partial charge < -0.3 is 10.0 Å². The number of halogens is 1. The number of carbonyl (C=O) groups excluding carboxylic acids is 1. The summed E-state index contributed by atoms with van der Waals surface area (Å²) in [5.74, 6) is -1.09. The lowest BCUT2D eigenvalue weighted by Gasteiger charge is -2.33. The summed E-state index contributed by atoms with van der Waals surface area (Å²) >= 11 is 2.17. The van der Waals surface area contributed by atoms with Crippen molar-refractivity contribution in [2.75, 3.05) is 6.54 Å². The van der Waals surface area contributed by atoms with Crippen LogP contribution in [0.5, 0.6) is 0 Å². The molecule has 1 heterocycles. The summed E-state index contributed by atoms with van der Waals surface area (Å²) in [5.41, 5.74) is 0.559. The molecule has 0 aromatic heterocycles. The third-order valence-electron chi connectivity index (χ3n) is 3.14. The van der Waals surface area contributed by atoms with Gasteiger partial charge in [0.05, 0.1) is 0 Å². The van der Waals surface area contributed by atoms with Crippen molar-refractivity contribution in [3.05, 3.63) is 33.4 Å². The molecule has 1 aromatic carbocycles. The second-order valence-electron chi connectivity index (χ2n) is 4.36. The fraction of sp³-hybridized carbons (Fsp3) is 0.385. The molecule has 1 aliphatic heterocycles. The molecule has 96 valence electrons. The normalized spacial score (nSPS) is 19.6. The SMILES string of the molecule is O=C(O)[C@@H]1CCCCN1C(=O)c1ccc(I)cc1. The van der Waals surface area contributed by atoms with Crippen LogP contribution >= 0.6 is 22.6 Å². The van der Waals surface area contributed by atoms with Gasteiger partial charge in [-0.05, 0) is 66.1 Å². The summed E-state index contributed by atoms with van der Waals surface area (Å²) in [4.78, 5) is 24.9. The van der Waals surface area contributed by atoms with Crippen molar-refractivity contribution < 1.29 is 14.7 Å². The van der Waals surface area contributed by atoms with Crippen molar-refractivity contribution in [2.24, 2.45) is 0 Å². The predicted octanol–water partition coefficient (Wildman–Crippen LogP) is 2.37. The van der Waals surface area contributed by atoms with Crippen molar-refractivity contribution in [2.45, 2.75) is 25.3 Å². The molecule has 1 aromatic rings. The van der Waals surface area contributed by atoms with Crippen LogP contribution in [0.2, 0.25) is 0 Å². The van der Waals surface area contributed by atoms with Crippen molar-refractivity contribution >= 4 is 34.5 Å². The minimum absolute atomic E-state index is 0.182. The fourth-order valence-electron chi connectivity index (χ4n) is 2.19. The summed E-state index contributed by atoms with van der Waals surface area (Å²) in [7, 11) is 0. The Morgan fingerprint density at radius 3 is 2.50 bits per heavy atom. The van der Waals surface area contributed by atoms with E-state index >= 15 is 0 Å². The highest BCUT2D eigenvalue weighted by atomic mass is 127. The summed E-state index contributed by atoms with van der Waals surface area (Å²) in [5, 5.41) is 9.15. The fourth-order valence-corrected chi connectivity index (χ4v) is 2.55. The highest BCUT2D eigenvalue weighted by Gasteiger charge is 2.32. The van der Waals surface area contributed by atoms with Gasteiger partial charge in [-0.15, -0.1) is 0 Å². The van der Waals surface area contributed by atoms with Crippen LogP contribution in [0.1, 0.15) is 29.6 Å². The van der Waals surface area contributed by atoms with Crippen LogP contribution in [0.15, 0.2) is 24.3 Å². The zero-order chi connectivity index (χ0) is 13.1. The quantitative estimate of drug-likeness (QED) is 0.825. The van der Waals surface area contributed by atoms with Gasteiger partial charge in [0.2, 0.25) is 0 Å². The monoisotopic (exact) mass is 359 g/mol. The number of likely N-dealkylation sites (tertiary alicyclic amines) is 1. The maximum Gasteiger partial charge on any atom is 0.326 e. The number of hydrogen-bond acceptors (Lipinski definition) is 2. The highest BCUT2D eigenvalue weighted by Crippen LogP contribution is 2.20. The molecule has 5 heteroatoms. The van der Waals surface area contributed by atoms with E-state index in [9.17, 15) is 9.59 Å². The van der Waals surface area contributed by atoms with Gasteiger partial charge in [-0.25, -0.2) is 4.79 Å². The maximum absolute atomic E-state index is 12.3. The van der Waals surface area contributed by atoms with Crippen LogP contribution in [-0.4, -0.2) is 34.5 Å². The third kappa shape index (κ3) is 2.82. The largest absolute Gasteiger partial charge is 0.480 e. The Morgan fingerprint density at radius 2 is 1.89 bits per heavy atom. The summed E-state index contributed by atoms with van der Waals surface area (Å²) < 4.78 is 1.05. The smallest absolute Gasteiger partial charge is 0.326 e. The Hall–Kier alpha value is -1.11. The topological polar surface area (TPSA) is 57.6 Å². The Balaban J connectivity index is 2.20. The third-order valence-corrected chi connectivity index (χ3v) is 3.86. The number of carboxylic acids is 1. The first kappa shape index (κ1) is 13.3. The number of hydrogen-bond donors (Lipinski definition) is 1. The molecule has 1 fully saturated rings. The number of piperidine rings is 1. The number of rotatable bonds is 2. The predicted molar refractivity (Wildman–Crippen MR) is 75.5 cm³/mol. The van der Waals surface area contributed by atoms with E-state index in [4.69, 9.17) is 5.11 Å². The number of amides is 1. The minimum atomic E-state index is -0.909. The van der Waals surface area contributed by atoms with E-state index in [1.807, 2.05) is 12.1 Å². The number of carbonyl (C=O) groups is 2. The molecule has 2 rings (SSSR count). The molecule has 0 spiro atoms. The van der Waals surface area contributed by atoms with Crippen molar-refractivity contribution in [3.8, 4) is 0 Å². The Labute approximate surface area is 119 Å². The van der Waals surface area contributed by atoms with Gasteiger partial charge in [0.15, 0.2) is 0 Å². The first-order valence-electron chi connectivity index (χ1n) is 5.89. The Morgan fingerprint density at radius 1 is 1.22 bits per heavy atom. The standard InChI is InChI=1S/C13H14INO3/c14-10-6-4-9(5-7-10)12(16)15-8-2-1-3-11(15)13(17)18/h4-7,11H,1-3,8H2,(H,17,18)/t11-/m0/s1. The van der Waals surface area contributed by atoms with Gasteiger partial charge in [0.25, 0.3) is 5.91 Å². The number of benzene rings is 1. The molecule has 0 bridgehead atoms. The van der Waals surface area contributed by atoms with Crippen molar-refractivity contribution in [1.82, 2.24) is 4.90 Å². The molecule has 18 heavy (non-hydrogen) atoms. The number of nitrogens with zero attached hydrogens (tertiary/aromatic N) is 1. The van der Waals surface area contributed by atoms with E-state index in [1.165, 1.54) is 4.90 Å². The molecule has 1 N–H and O–H groups in total. The lowest BCUT2D eigenvalue weighted by molar-refractivity contribution is -0.143. The first-order chi connectivity index (χ1) is 8.59. The van der Waals surface area contributed by atoms with Gasteiger partial charge in [-0.1, -0.05) is 0 Å². The zero-order valence-electron chi connectivity index (χ0n) is 9.80. The molecular weight excluding hydrogens is 345 g/mol. The van der Waals surface area contributed by atoms with E-state index in [1.54, 1.807) is 12.1 Å². The first-order valence-corrected chi connectivity index (χ1v) is 6.97. The second kappa shape index (κ2) is 5.69. The Kier molecular flexibility index (Phi) is 4.21.